The average Bonchev–Trinajstić information content (AvgIpc) is 2.51. The van der Waals surface area contributed by atoms with Crippen molar-refractivity contribution in [2.75, 3.05) is 0 Å². The summed E-state index contributed by atoms with van der Waals surface area (Å²) in [5, 5.41) is 10.7. The first kappa shape index (κ1) is 19.6. The predicted octanol–water partition coefficient (Wildman–Crippen LogP) is 6.73. The van der Waals surface area contributed by atoms with Crippen LogP contribution in [0, 0.1) is 3.57 Å². The van der Waals surface area contributed by atoms with E-state index in [0.717, 1.165) is 23.1 Å². The number of hydrogen-bond acceptors (Lipinski definition) is 2. The summed E-state index contributed by atoms with van der Waals surface area (Å²) in [6, 6.07) is 10.8. The lowest BCUT2D eigenvalue weighted by Crippen LogP contribution is -2.11. The fourth-order valence-electron chi connectivity index (χ4n) is 2.80. The maximum Gasteiger partial charge on any atom is 0.127 e. The molecule has 0 saturated heterocycles. The number of rotatable bonds is 5. The SMILES string of the molecule is CCCCc1cc(I)cc(-c2cc(C(C)(C)C)cc(CS)c2O)c1. The van der Waals surface area contributed by atoms with E-state index in [2.05, 4.69) is 93.2 Å². The largest absolute Gasteiger partial charge is 0.507 e. The molecule has 130 valence electrons. The van der Waals surface area contributed by atoms with Crippen LogP contribution in [0.25, 0.3) is 11.1 Å². The Morgan fingerprint density at radius 2 is 1.79 bits per heavy atom. The van der Waals surface area contributed by atoms with Crippen molar-refractivity contribution in [2.24, 2.45) is 0 Å². The van der Waals surface area contributed by atoms with Crippen LogP contribution in [-0.2, 0) is 17.6 Å². The molecule has 0 saturated carbocycles. The van der Waals surface area contributed by atoms with Crippen LogP contribution < -0.4 is 0 Å². The lowest BCUT2D eigenvalue weighted by atomic mass is 9.83. The van der Waals surface area contributed by atoms with Gasteiger partial charge in [-0.25, -0.2) is 0 Å². The van der Waals surface area contributed by atoms with E-state index in [4.69, 9.17) is 0 Å². The Kier molecular flexibility index (Phi) is 6.66. The van der Waals surface area contributed by atoms with E-state index in [1.54, 1.807) is 0 Å². The van der Waals surface area contributed by atoms with Crippen molar-refractivity contribution in [1.82, 2.24) is 0 Å². The van der Waals surface area contributed by atoms with Crippen molar-refractivity contribution in [2.45, 2.75) is 58.1 Å². The normalized spacial score (nSPS) is 11.8. The van der Waals surface area contributed by atoms with Crippen molar-refractivity contribution >= 4 is 35.2 Å². The summed E-state index contributed by atoms with van der Waals surface area (Å²) in [6.07, 6.45) is 3.46. The highest BCUT2D eigenvalue weighted by atomic mass is 127. The minimum Gasteiger partial charge on any atom is -0.507 e. The van der Waals surface area contributed by atoms with E-state index in [1.807, 2.05) is 0 Å². The van der Waals surface area contributed by atoms with Crippen LogP contribution in [0.15, 0.2) is 30.3 Å². The molecule has 2 rings (SSSR count). The van der Waals surface area contributed by atoms with Crippen LogP contribution in [0.2, 0.25) is 0 Å². The van der Waals surface area contributed by atoms with Crippen LogP contribution in [0.5, 0.6) is 5.75 Å². The minimum atomic E-state index is 0.0348. The molecule has 0 unspecified atom stereocenters. The third-order valence-corrected chi connectivity index (χ3v) is 5.28. The molecule has 0 aliphatic rings. The maximum atomic E-state index is 10.7. The molecule has 3 heteroatoms. The van der Waals surface area contributed by atoms with Crippen molar-refractivity contribution in [3.8, 4) is 16.9 Å². The first-order valence-electron chi connectivity index (χ1n) is 8.53. The molecule has 0 spiro atoms. The quantitative estimate of drug-likeness (QED) is 0.379. The number of aromatic hydroxyl groups is 1. The summed E-state index contributed by atoms with van der Waals surface area (Å²) in [6.45, 7) is 8.82. The van der Waals surface area contributed by atoms with Gasteiger partial charge < -0.3 is 5.11 Å². The first-order chi connectivity index (χ1) is 11.3. The summed E-state index contributed by atoms with van der Waals surface area (Å²) in [7, 11) is 0. The Morgan fingerprint density at radius 1 is 1.08 bits per heavy atom. The predicted molar refractivity (Wildman–Crippen MR) is 116 cm³/mol. The van der Waals surface area contributed by atoms with Gasteiger partial charge in [-0.3, -0.25) is 0 Å². The van der Waals surface area contributed by atoms with Gasteiger partial charge in [0.2, 0.25) is 0 Å². The van der Waals surface area contributed by atoms with Crippen LogP contribution in [0.4, 0.5) is 0 Å². The molecule has 1 nitrogen and oxygen atoms in total. The van der Waals surface area contributed by atoms with Crippen molar-refractivity contribution < 1.29 is 5.11 Å². The Bertz CT molecular complexity index is 717. The van der Waals surface area contributed by atoms with Crippen molar-refractivity contribution in [1.29, 1.82) is 0 Å². The van der Waals surface area contributed by atoms with Crippen LogP contribution >= 0.6 is 35.2 Å². The lowest BCUT2D eigenvalue weighted by Gasteiger charge is -2.22. The van der Waals surface area contributed by atoms with E-state index < -0.39 is 0 Å². The second-order valence-corrected chi connectivity index (χ2v) is 8.95. The van der Waals surface area contributed by atoms with Gasteiger partial charge in [0.25, 0.3) is 0 Å². The first-order valence-corrected chi connectivity index (χ1v) is 10.2. The molecule has 0 fully saturated rings. The molecule has 0 bridgehead atoms. The molecule has 0 atom stereocenters. The molecule has 0 amide bonds. The molecular weight excluding hydrogens is 427 g/mol. The summed E-state index contributed by atoms with van der Waals surface area (Å²) >= 11 is 6.78. The van der Waals surface area contributed by atoms with Crippen LogP contribution in [-0.4, -0.2) is 5.11 Å². The maximum absolute atomic E-state index is 10.7. The van der Waals surface area contributed by atoms with Gasteiger partial charge in [0, 0.05) is 20.4 Å². The number of benzene rings is 2. The van der Waals surface area contributed by atoms with E-state index in [9.17, 15) is 5.11 Å². The zero-order valence-corrected chi connectivity index (χ0v) is 18.0. The molecule has 2 aromatic rings. The van der Waals surface area contributed by atoms with Crippen molar-refractivity contribution in [3.05, 3.63) is 50.6 Å². The molecule has 0 aliphatic carbocycles. The highest BCUT2D eigenvalue weighted by molar-refractivity contribution is 14.1. The Labute approximate surface area is 165 Å². The number of halogens is 1. The average molecular weight is 454 g/mol. The van der Waals surface area contributed by atoms with E-state index >= 15 is 0 Å². The smallest absolute Gasteiger partial charge is 0.127 e. The topological polar surface area (TPSA) is 20.2 Å². The monoisotopic (exact) mass is 454 g/mol. The molecule has 0 radical (unpaired) electrons. The third kappa shape index (κ3) is 4.69. The van der Waals surface area contributed by atoms with E-state index in [1.165, 1.54) is 27.5 Å². The summed E-state index contributed by atoms with van der Waals surface area (Å²) in [4.78, 5) is 0. The summed E-state index contributed by atoms with van der Waals surface area (Å²) in [5.74, 6) is 0.900. The standard InChI is InChI=1S/C21H27IOS/c1-5-6-7-14-8-15(11-18(22)9-14)19-12-17(21(2,3)4)10-16(13-24)20(19)23/h8-12,23-24H,5-7,13H2,1-4H3. The van der Waals surface area contributed by atoms with Gasteiger partial charge in [0.15, 0.2) is 0 Å². The fraction of sp³-hybridized carbons (Fsp3) is 0.429. The highest BCUT2D eigenvalue weighted by Crippen LogP contribution is 2.38. The molecule has 0 aromatic heterocycles. The van der Waals surface area contributed by atoms with E-state index in [0.29, 0.717) is 11.5 Å². The summed E-state index contributed by atoms with van der Waals surface area (Å²) in [5.41, 5.74) is 5.52. The van der Waals surface area contributed by atoms with Crippen LogP contribution in [0.1, 0.15) is 57.2 Å². The molecule has 0 aliphatic heterocycles. The van der Waals surface area contributed by atoms with Gasteiger partial charge >= 0.3 is 0 Å². The Hall–Kier alpha value is -0.680. The van der Waals surface area contributed by atoms with Gasteiger partial charge in [-0.1, -0.05) is 46.2 Å². The van der Waals surface area contributed by atoms with Gasteiger partial charge in [-0.15, -0.1) is 0 Å². The number of hydrogen-bond donors (Lipinski definition) is 2. The Morgan fingerprint density at radius 3 is 2.38 bits per heavy atom. The molecule has 2 aromatic carbocycles. The molecule has 1 N–H and O–H groups in total. The highest BCUT2D eigenvalue weighted by Gasteiger charge is 2.19. The third-order valence-electron chi connectivity index (χ3n) is 4.31. The molecule has 0 heterocycles. The lowest BCUT2D eigenvalue weighted by molar-refractivity contribution is 0.471. The molecular formula is C21H27IOS. The second-order valence-electron chi connectivity index (χ2n) is 7.39. The van der Waals surface area contributed by atoms with Gasteiger partial charge in [-0.2, -0.15) is 12.6 Å². The summed E-state index contributed by atoms with van der Waals surface area (Å²) < 4.78 is 1.21. The van der Waals surface area contributed by atoms with E-state index in [-0.39, 0.29) is 5.41 Å². The number of phenols is 1. The zero-order valence-electron chi connectivity index (χ0n) is 15.0. The zero-order chi connectivity index (χ0) is 17.9. The second kappa shape index (κ2) is 8.13. The number of phenolic OH excluding ortho intramolecular Hbond substituents is 1. The van der Waals surface area contributed by atoms with Gasteiger partial charge in [0.1, 0.15) is 5.75 Å². The van der Waals surface area contributed by atoms with Gasteiger partial charge in [0.05, 0.1) is 0 Å². The Balaban J connectivity index is 2.60. The van der Waals surface area contributed by atoms with Crippen molar-refractivity contribution in [3.63, 3.8) is 0 Å². The number of thiol groups is 1. The number of aryl methyl sites for hydroxylation is 1. The minimum absolute atomic E-state index is 0.0348. The van der Waals surface area contributed by atoms with Crippen LogP contribution in [0.3, 0.4) is 0 Å². The van der Waals surface area contributed by atoms with Gasteiger partial charge in [-0.05, 0) is 75.7 Å². The fourth-order valence-corrected chi connectivity index (χ4v) is 3.78. The molecule has 24 heavy (non-hydrogen) atoms. The number of unbranched alkanes of at least 4 members (excludes halogenated alkanes) is 1.